The lowest BCUT2D eigenvalue weighted by Gasteiger charge is -2.27. The molecule has 0 radical (unpaired) electrons. The number of benzene rings is 2. The largest absolute Gasteiger partial charge is 0.497 e. The molecular formula is C18H21NO3. The number of fused-ring (bicyclic) bond motifs is 1. The van der Waals surface area contributed by atoms with Gasteiger partial charge in [-0.3, -0.25) is 0 Å². The zero-order valence-corrected chi connectivity index (χ0v) is 13.0. The molecule has 1 N–H and O–H groups in total. The van der Waals surface area contributed by atoms with Gasteiger partial charge in [0.2, 0.25) is 0 Å². The highest BCUT2D eigenvalue weighted by atomic mass is 16.5. The first-order chi connectivity index (χ1) is 10.8. The van der Waals surface area contributed by atoms with Crippen molar-refractivity contribution in [3.8, 4) is 17.2 Å². The van der Waals surface area contributed by atoms with Gasteiger partial charge in [-0.1, -0.05) is 24.3 Å². The predicted molar refractivity (Wildman–Crippen MR) is 85.7 cm³/mol. The smallest absolute Gasteiger partial charge is 0.127 e. The zero-order valence-electron chi connectivity index (χ0n) is 13.0. The molecule has 2 aromatic rings. The minimum atomic E-state index is 0.277. The minimum absolute atomic E-state index is 0.277. The summed E-state index contributed by atoms with van der Waals surface area (Å²) >= 11 is 0. The topological polar surface area (TPSA) is 39.7 Å². The summed E-state index contributed by atoms with van der Waals surface area (Å²) < 4.78 is 16.4. The standard InChI is InChI=1S/C18H21NO3/c1-20-14-7-8-15-16(9-10-22-18(15)11-14)19-12-13-5-3-4-6-17(13)21-2/h3-8,11,16,19H,9-10,12H2,1-2H3. The number of rotatable bonds is 5. The Morgan fingerprint density at radius 3 is 2.82 bits per heavy atom. The maximum absolute atomic E-state index is 5.75. The summed E-state index contributed by atoms with van der Waals surface area (Å²) in [6, 6.07) is 14.4. The average molecular weight is 299 g/mol. The van der Waals surface area contributed by atoms with Gasteiger partial charge in [0.05, 0.1) is 20.8 Å². The van der Waals surface area contributed by atoms with E-state index in [1.54, 1.807) is 14.2 Å². The van der Waals surface area contributed by atoms with E-state index >= 15 is 0 Å². The van der Waals surface area contributed by atoms with Crippen molar-refractivity contribution in [3.63, 3.8) is 0 Å². The average Bonchev–Trinajstić information content (AvgIpc) is 2.59. The summed E-state index contributed by atoms with van der Waals surface area (Å²) in [4.78, 5) is 0. The van der Waals surface area contributed by atoms with Crippen LogP contribution in [0.15, 0.2) is 42.5 Å². The molecule has 3 rings (SSSR count). The highest BCUT2D eigenvalue weighted by molar-refractivity contribution is 5.43. The third-order valence-electron chi connectivity index (χ3n) is 3.99. The fourth-order valence-electron chi connectivity index (χ4n) is 2.79. The second kappa shape index (κ2) is 6.71. The van der Waals surface area contributed by atoms with Crippen LogP contribution in [0.25, 0.3) is 0 Å². The first-order valence-corrected chi connectivity index (χ1v) is 7.48. The molecule has 0 aromatic heterocycles. The summed E-state index contributed by atoms with van der Waals surface area (Å²) in [7, 11) is 3.37. The number of hydrogen-bond acceptors (Lipinski definition) is 4. The van der Waals surface area contributed by atoms with Gasteiger partial charge in [-0.05, 0) is 12.1 Å². The van der Waals surface area contributed by atoms with Crippen molar-refractivity contribution in [2.75, 3.05) is 20.8 Å². The van der Waals surface area contributed by atoms with Crippen LogP contribution in [0.3, 0.4) is 0 Å². The molecule has 1 atom stereocenters. The van der Waals surface area contributed by atoms with E-state index in [0.29, 0.717) is 6.61 Å². The number of ether oxygens (including phenoxy) is 3. The van der Waals surface area contributed by atoms with Crippen LogP contribution in [0.2, 0.25) is 0 Å². The molecule has 116 valence electrons. The Balaban J connectivity index is 1.75. The summed E-state index contributed by atoms with van der Waals surface area (Å²) in [5.41, 5.74) is 2.34. The van der Waals surface area contributed by atoms with Crippen molar-refractivity contribution in [2.45, 2.75) is 19.0 Å². The van der Waals surface area contributed by atoms with Crippen LogP contribution in [-0.2, 0) is 6.54 Å². The minimum Gasteiger partial charge on any atom is -0.497 e. The van der Waals surface area contributed by atoms with Crippen LogP contribution in [-0.4, -0.2) is 20.8 Å². The van der Waals surface area contributed by atoms with E-state index in [0.717, 1.165) is 35.8 Å². The molecule has 1 aliphatic rings. The van der Waals surface area contributed by atoms with Gasteiger partial charge in [0.25, 0.3) is 0 Å². The van der Waals surface area contributed by atoms with E-state index in [9.17, 15) is 0 Å². The quantitative estimate of drug-likeness (QED) is 0.919. The number of methoxy groups -OCH3 is 2. The Morgan fingerprint density at radius 1 is 1.14 bits per heavy atom. The Morgan fingerprint density at radius 2 is 2.00 bits per heavy atom. The molecule has 0 fully saturated rings. The van der Waals surface area contributed by atoms with Crippen molar-refractivity contribution in [1.82, 2.24) is 5.32 Å². The molecule has 1 unspecified atom stereocenters. The molecular weight excluding hydrogens is 278 g/mol. The Labute approximate surface area is 131 Å². The van der Waals surface area contributed by atoms with E-state index in [1.807, 2.05) is 30.3 Å². The Kier molecular flexibility index (Phi) is 4.49. The predicted octanol–water partition coefficient (Wildman–Crippen LogP) is 3.32. The van der Waals surface area contributed by atoms with Crippen LogP contribution < -0.4 is 19.5 Å². The van der Waals surface area contributed by atoms with Gasteiger partial charge in [-0.25, -0.2) is 0 Å². The van der Waals surface area contributed by atoms with Gasteiger partial charge in [0.1, 0.15) is 17.2 Å². The first kappa shape index (κ1) is 14.7. The van der Waals surface area contributed by atoms with Gasteiger partial charge >= 0.3 is 0 Å². The molecule has 0 aliphatic carbocycles. The molecule has 1 aliphatic heterocycles. The van der Waals surface area contributed by atoms with Crippen LogP contribution in [0.5, 0.6) is 17.2 Å². The molecule has 22 heavy (non-hydrogen) atoms. The molecule has 0 amide bonds. The van der Waals surface area contributed by atoms with Gasteiger partial charge in [0, 0.05) is 36.2 Å². The summed E-state index contributed by atoms with van der Waals surface area (Å²) in [5, 5.41) is 3.61. The van der Waals surface area contributed by atoms with Gasteiger partial charge in [0.15, 0.2) is 0 Å². The number of hydrogen-bond donors (Lipinski definition) is 1. The van der Waals surface area contributed by atoms with E-state index in [1.165, 1.54) is 5.56 Å². The first-order valence-electron chi connectivity index (χ1n) is 7.48. The molecule has 0 bridgehead atoms. The molecule has 2 aromatic carbocycles. The zero-order chi connectivity index (χ0) is 15.4. The van der Waals surface area contributed by atoms with Gasteiger partial charge in [-0.2, -0.15) is 0 Å². The van der Waals surface area contributed by atoms with E-state index in [2.05, 4.69) is 17.4 Å². The molecule has 4 heteroatoms. The van der Waals surface area contributed by atoms with E-state index in [4.69, 9.17) is 14.2 Å². The van der Waals surface area contributed by atoms with Crippen molar-refractivity contribution >= 4 is 0 Å². The summed E-state index contributed by atoms with van der Waals surface area (Å²) in [6.07, 6.45) is 0.953. The highest BCUT2D eigenvalue weighted by Crippen LogP contribution is 2.35. The van der Waals surface area contributed by atoms with Crippen LogP contribution in [0.4, 0.5) is 0 Å². The SMILES string of the molecule is COc1ccc2c(c1)OCCC2NCc1ccccc1OC. The normalized spacial score (nSPS) is 16.5. The maximum atomic E-state index is 5.75. The monoisotopic (exact) mass is 299 g/mol. The lowest BCUT2D eigenvalue weighted by atomic mass is 10.00. The lowest BCUT2D eigenvalue weighted by molar-refractivity contribution is 0.250. The number of nitrogens with one attached hydrogen (secondary N) is 1. The third-order valence-corrected chi connectivity index (χ3v) is 3.99. The van der Waals surface area contributed by atoms with E-state index < -0.39 is 0 Å². The van der Waals surface area contributed by atoms with Crippen LogP contribution in [0.1, 0.15) is 23.6 Å². The summed E-state index contributed by atoms with van der Waals surface area (Å²) in [5.74, 6) is 2.64. The molecule has 4 nitrogen and oxygen atoms in total. The molecule has 0 spiro atoms. The van der Waals surface area contributed by atoms with Gasteiger partial charge in [-0.15, -0.1) is 0 Å². The summed E-state index contributed by atoms with van der Waals surface area (Å²) in [6.45, 7) is 1.48. The Bertz CT molecular complexity index is 642. The lowest BCUT2D eigenvalue weighted by Crippen LogP contribution is -2.26. The fraction of sp³-hybridized carbons (Fsp3) is 0.333. The molecule has 0 saturated heterocycles. The van der Waals surface area contributed by atoms with Gasteiger partial charge < -0.3 is 19.5 Å². The Hall–Kier alpha value is -2.20. The second-order valence-electron chi connectivity index (χ2n) is 5.29. The molecule has 0 saturated carbocycles. The van der Waals surface area contributed by atoms with Crippen molar-refractivity contribution in [2.24, 2.45) is 0 Å². The highest BCUT2D eigenvalue weighted by Gasteiger charge is 2.21. The van der Waals surface area contributed by atoms with E-state index in [-0.39, 0.29) is 6.04 Å². The van der Waals surface area contributed by atoms with Crippen LogP contribution in [0, 0.1) is 0 Å². The van der Waals surface area contributed by atoms with Crippen molar-refractivity contribution in [3.05, 3.63) is 53.6 Å². The fourth-order valence-corrected chi connectivity index (χ4v) is 2.79. The second-order valence-corrected chi connectivity index (χ2v) is 5.29. The molecule has 1 heterocycles. The third kappa shape index (κ3) is 3.02. The van der Waals surface area contributed by atoms with Crippen molar-refractivity contribution in [1.29, 1.82) is 0 Å². The number of para-hydroxylation sites is 1. The maximum Gasteiger partial charge on any atom is 0.127 e. The van der Waals surface area contributed by atoms with Crippen LogP contribution >= 0.6 is 0 Å². The van der Waals surface area contributed by atoms with Crippen molar-refractivity contribution < 1.29 is 14.2 Å².